The molecule has 3 aliphatic carbocycles. The number of nitriles is 1. The van der Waals surface area contributed by atoms with Gasteiger partial charge in [0.1, 0.15) is 11.3 Å². The molecule has 0 N–H and O–H groups in total. The second kappa shape index (κ2) is 6.87. The SMILES string of the molecule is N#Cc1cccc(-n2c3c(c4ccccc42)C2CC2C=C3)c1C1=CCCc2c1oc1ccccc21. The van der Waals surface area contributed by atoms with Crippen molar-refractivity contribution in [3.8, 4) is 11.8 Å². The summed E-state index contributed by atoms with van der Waals surface area (Å²) in [5.41, 5.74) is 9.79. The summed E-state index contributed by atoms with van der Waals surface area (Å²) in [6, 6.07) is 25.6. The second-order valence-corrected chi connectivity index (χ2v) is 9.89. The molecule has 0 saturated heterocycles. The molecule has 1 saturated carbocycles. The van der Waals surface area contributed by atoms with E-state index in [2.05, 4.69) is 71.3 Å². The van der Waals surface area contributed by atoms with Gasteiger partial charge >= 0.3 is 0 Å². The van der Waals surface area contributed by atoms with E-state index in [1.807, 2.05) is 24.3 Å². The number of fused-ring (bicyclic) bond motifs is 8. The van der Waals surface area contributed by atoms with Gasteiger partial charge in [0.2, 0.25) is 0 Å². The van der Waals surface area contributed by atoms with Gasteiger partial charge in [-0.1, -0.05) is 54.6 Å². The van der Waals surface area contributed by atoms with Crippen LogP contribution in [0.5, 0.6) is 0 Å². The van der Waals surface area contributed by atoms with Gasteiger partial charge in [-0.05, 0) is 67.0 Å². The number of furan rings is 1. The summed E-state index contributed by atoms with van der Waals surface area (Å²) in [4.78, 5) is 0. The van der Waals surface area contributed by atoms with Crippen molar-refractivity contribution in [2.45, 2.75) is 25.2 Å². The van der Waals surface area contributed by atoms with Crippen LogP contribution in [-0.2, 0) is 6.42 Å². The summed E-state index contributed by atoms with van der Waals surface area (Å²) >= 11 is 0. The van der Waals surface area contributed by atoms with Crippen molar-refractivity contribution in [3.63, 3.8) is 0 Å². The Hall–Kier alpha value is -4.29. The van der Waals surface area contributed by atoms with Crippen LogP contribution in [0.15, 0.2) is 83.3 Å². The number of hydrogen-bond acceptors (Lipinski definition) is 2. The number of aryl methyl sites for hydroxylation is 1. The van der Waals surface area contributed by atoms with E-state index in [4.69, 9.17) is 4.42 Å². The van der Waals surface area contributed by atoms with E-state index in [-0.39, 0.29) is 0 Å². The molecule has 0 radical (unpaired) electrons. The summed E-state index contributed by atoms with van der Waals surface area (Å²) in [5.74, 6) is 2.19. The molecule has 3 nitrogen and oxygen atoms in total. The van der Waals surface area contributed by atoms with E-state index in [0.717, 1.165) is 41.0 Å². The molecule has 3 aliphatic rings. The number of rotatable bonds is 2. The zero-order chi connectivity index (χ0) is 23.1. The molecule has 8 rings (SSSR count). The molecule has 1 fully saturated rings. The number of aromatic nitrogens is 1. The summed E-state index contributed by atoms with van der Waals surface area (Å²) < 4.78 is 8.83. The molecule has 3 heteroatoms. The molecule has 2 heterocycles. The van der Waals surface area contributed by atoms with E-state index in [0.29, 0.717) is 17.4 Å². The van der Waals surface area contributed by atoms with Crippen LogP contribution in [-0.4, -0.2) is 4.57 Å². The maximum absolute atomic E-state index is 10.2. The fourth-order valence-electron chi connectivity index (χ4n) is 6.41. The molecular formula is C32H22N2O. The van der Waals surface area contributed by atoms with Gasteiger partial charge in [0.15, 0.2) is 0 Å². The van der Waals surface area contributed by atoms with Crippen molar-refractivity contribution in [1.29, 1.82) is 5.26 Å². The standard InChI is InChI=1S/C32H22N2O/c33-18-20-7-5-13-27(30(20)24-11-6-10-22-21-8-2-4-14-29(21)35-32(22)24)34-26-12-3-1-9-23(26)31-25-17-19(25)15-16-28(31)34/h1-5,7-9,11-16,19,25H,6,10,17H2. The first kappa shape index (κ1) is 19.1. The first-order chi connectivity index (χ1) is 17.3. The van der Waals surface area contributed by atoms with Crippen LogP contribution in [0.4, 0.5) is 0 Å². The molecule has 2 aromatic heterocycles. The predicted molar refractivity (Wildman–Crippen MR) is 139 cm³/mol. The normalized spacial score (nSPS) is 19.7. The van der Waals surface area contributed by atoms with E-state index < -0.39 is 0 Å². The van der Waals surface area contributed by atoms with Crippen molar-refractivity contribution in [2.24, 2.45) is 5.92 Å². The Morgan fingerprint density at radius 3 is 2.71 bits per heavy atom. The van der Waals surface area contributed by atoms with Gasteiger partial charge in [-0.25, -0.2) is 0 Å². The molecule has 5 aromatic rings. The lowest BCUT2D eigenvalue weighted by Gasteiger charge is -2.20. The fourth-order valence-corrected chi connectivity index (χ4v) is 6.41. The lowest BCUT2D eigenvalue weighted by Crippen LogP contribution is -2.07. The monoisotopic (exact) mass is 450 g/mol. The lowest BCUT2D eigenvalue weighted by molar-refractivity contribution is 0.591. The maximum atomic E-state index is 10.2. The molecule has 0 amide bonds. The lowest BCUT2D eigenvalue weighted by atomic mass is 9.88. The Kier molecular flexibility index (Phi) is 3.74. The van der Waals surface area contributed by atoms with E-state index in [1.165, 1.54) is 39.5 Å². The molecule has 2 atom stereocenters. The minimum Gasteiger partial charge on any atom is -0.456 e. The maximum Gasteiger partial charge on any atom is 0.139 e. The molecule has 3 aromatic carbocycles. The van der Waals surface area contributed by atoms with Gasteiger partial charge in [-0.15, -0.1) is 0 Å². The smallest absolute Gasteiger partial charge is 0.139 e. The van der Waals surface area contributed by atoms with Crippen molar-refractivity contribution in [1.82, 2.24) is 4.57 Å². The second-order valence-electron chi connectivity index (χ2n) is 9.89. The number of hydrogen-bond donors (Lipinski definition) is 0. The highest BCUT2D eigenvalue weighted by atomic mass is 16.3. The summed E-state index contributed by atoms with van der Waals surface area (Å²) in [5, 5.41) is 12.7. The van der Waals surface area contributed by atoms with Crippen LogP contribution in [0.2, 0.25) is 0 Å². The molecule has 0 bridgehead atoms. The summed E-state index contributed by atoms with van der Waals surface area (Å²) in [7, 11) is 0. The van der Waals surface area contributed by atoms with E-state index in [9.17, 15) is 5.26 Å². The van der Waals surface area contributed by atoms with E-state index >= 15 is 0 Å². The highest BCUT2D eigenvalue weighted by molar-refractivity contribution is 5.97. The van der Waals surface area contributed by atoms with Crippen molar-refractivity contribution in [3.05, 3.63) is 113 Å². The Morgan fingerprint density at radius 1 is 0.943 bits per heavy atom. The first-order valence-corrected chi connectivity index (χ1v) is 12.4. The zero-order valence-electron chi connectivity index (χ0n) is 19.2. The Balaban J connectivity index is 1.45. The Labute approximate surface area is 203 Å². The minimum absolute atomic E-state index is 0.611. The van der Waals surface area contributed by atoms with Gasteiger partial charge in [-0.2, -0.15) is 5.26 Å². The average molecular weight is 451 g/mol. The van der Waals surface area contributed by atoms with Crippen LogP contribution in [0.25, 0.3) is 39.2 Å². The van der Waals surface area contributed by atoms with Crippen molar-refractivity contribution < 1.29 is 4.42 Å². The Morgan fingerprint density at radius 2 is 1.80 bits per heavy atom. The highest BCUT2D eigenvalue weighted by Crippen LogP contribution is 2.56. The van der Waals surface area contributed by atoms with Gasteiger partial charge < -0.3 is 8.98 Å². The number of para-hydroxylation sites is 2. The zero-order valence-corrected chi connectivity index (χ0v) is 19.2. The van der Waals surface area contributed by atoms with E-state index in [1.54, 1.807) is 0 Å². The Bertz CT molecular complexity index is 1800. The van der Waals surface area contributed by atoms with Crippen LogP contribution in [0.3, 0.4) is 0 Å². The topological polar surface area (TPSA) is 41.9 Å². The van der Waals surface area contributed by atoms with Crippen LogP contribution in [0.1, 0.15) is 52.5 Å². The number of benzene rings is 3. The van der Waals surface area contributed by atoms with Crippen LogP contribution >= 0.6 is 0 Å². The highest BCUT2D eigenvalue weighted by Gasteiger charge is 2.42. The van der Waals surface area contributed by atoms with Crippen LogP contribution in [0, 0.1) is 17.2 Å². The number of allylic oxidation sites excluding steroid dienone is 2. The molecule has 0 spiro atoms. The predicted octanol–water partition coefficient (Wildman–Crippen LogP) is 7.76. The van der Waals surface area contributed by atoms with Gasteiger partial charge in [0.25, 0.3) is 0 Å². The first-order valence-electron chi connectivity index (χ1n) is 12.4. The van der Waals surface area contributed by atoms with Gasteiger partial charge in [0.05, 0.1) is 28.5 Å². The molecule has 35 heavy (non-hydrogen) atoms. The minimum atomic E-state index is 0.611. The average Bonchev–Trinajstić information content (AvgIpc) is 3.49. The third-order valence-electron chi connectivity index (χ3n) is 8.02. The summed E-state index contributed by atoms with van der Waals surface area (Å²) in [6.07, 6.45) is 10.0. The third kappa shape index (κ3) is 2.54. The summed E-state index contributed by atoms with van der Waals surface area (Å²) in [6.45, 7) is 0. The molecular weight excluding hydrogens is 428 g/mol. The fraction of sp³-hybridized carbons (Fsp3) is 0.156. The quantitative estimate of drug-likeness (QED) is 0.276. The van der Waals surface area contributed by atoms with Crippen molar-refractivity contribution >= 4 is 33.5 Å². The third-order valence-corrected chi connectivity index (χ3v) is 8.02. The molecule has 166 valence electrons. The molecule has 2 unspecified atom stereocenters. The van der Waals surface area contributed by atoms with Crippen molar-refractivity contribution in [2.75, 3.05) is 0 Å². The largest absolute Gasteiger partial charge is 0.456 e. The van der Waals surface area contributed by atoms with Crippen LogP contribution < -0.4 is 0 Å². The van der Waals surface area contributed by atoms with Gasteiger partial charge in [0, 0.05) is 27.5 Å². The van der Waals surface area contributed by atoms with Gasteiger partial charge in [-0.3, -0.25) is 0 Å². The number of nitrogens with zero attached hydrogens (tertiary/aromatic N) is 2. The molecule has 0 aliphatic heterocycles.